The highest BCUT2D eigenvalue weighted by Gasteiger charge is 2.24. The van der Waals surface area contributed by atoms with Gasteiger partial charge in [-0.05, 0) is 13.8 Å². The Bertz CT molecular complexity index is 479. The van der Waals surface area contributed by atoms with Gasteiger partial charge in [0.25, 0.3) is 0 Å². The number of carbonyl (C=O) groups is 2. The molecule has 0 radical (unpaired) electrons. The summed E-state index contributed by atoms with van der Waals surface area (Å²) in [6.45, 7) is 3.96. The zero-order valence-electron chi connectivity index (χ0n) is 10.1. The highest BCUT2D eigenvalue weighted by atomic mass is 16.2. The fraction of sp³-hybridized carbons (Fsp3) is 0.500. The van der Waals surface area contributed by atoms with E-state index >= 15 is 0 Å². The van der Waals surface area contributed by atoms with Crippen molar-refractivity contribution in [1.29, 1.82) is 0 Å². The molecule has 1 fully saturated rings. The van der Waals surface area contributed by atoms with Crippen molar-refractivity contribution in [1.82, 2.24) is 25.8 Å². The van der Waals surface area contributed by atoms with Crippen LogP contribution >= 0.6 is 0 Å². The number of piperazine rings is 1. The first-order valence-electron chi connectivity index (χ1n) is 5.55. The molecule has 1 aromatic heterocycles. The van der Waals surface area contributed by atoms with Crippen LogP contribution in [0.4, 0.5) is 5.95 Å². The van der Waals surface area contributed by atoms with Crippen LogP contribution in [0, 0.1) is 13.8 Å². The van der Waals surface area contributed by atoms with Gasteiger partial charge >= 0.3 is 0 Å². The second kappa shape index (κ2) is 5.05. The van der Waals surface area contributed by atoms with Gasteiger partial charge in [0, 0.05) is 6.54 Å². The Morgan fingerprint density at radius 3 is 2.72 bits per heavy atom. The molecule has 0 aliphatic carbocycles. The van der Waals surface area contributed by atoms with Crippen LogP contribution in [0.25, 0.3) is 0 Å². The lowest BCUT2D eigenvalue weighted by molar-refractivity contribution is -0.124. The monoisotopic (exact) mass is 250 g/mol. The molecule has 2 heterocycles. The van der Waals surface area contributed by atoms with Gasteiger partial charge in [-0.15, -0.1) is 5.10 Å². The number of carbonyl (C=O) groups excluding carboxylic acids is 2. The molecule has 1 aliphatic rings. The van der Waals surface area contributed by atoms with E-state index in [2.05, 4.69) is 31.1 Å². The predicted molar refractivity (Wildman–Crippen MR) is 62.7 cm³/mol. The molecular formula is C10H14N6O2. The maximum atomic E-state index is 11.8. The summed E-state index contributed by atoms with van der Waals surface area (Å²) in [5.74, 6) is -0.245. The van der Waals surface area contributed by atoms with Crippen molar-refractivity contribution in [2.75, 3.05) is 18.4 Å². The van der Waals surface area contributed by atoms with E-state index in [-0.39, 0.29) is 30.9 Å². The Hall–Kier alpha value is -2.09. The molecule has 8 nitrogen and oxygen atoms in total. The molecule has 96 valence electrons. The number of nitrogens with one attached hydrogen (secondary N) is 3. The number of hydrogen-bond acceptors (Lipinski definition) is 6. The van der Waals surface area contributed by atoms with Crippen LogP contribution in [0.1, 0.15) is 11.4 Å². The Balaban J connectivity index is 1.98. The van der Waals surface area contributed by atoms with E-state index in [4.69, 9.17) is 0 Å². The minimum absolute atomic E-state index is 0.122. The van der Waals surface area contributed by atoms with Crippen molar-refractivity contribution in [2.45, 2.75) is 19.9 Å². The second-order valence-electron chi connectivity index (χ2n) is 4.03. The van der Waals surface area contributed by atoms with Gasteiger partial charge in [-0.1, -0.05) is 0 Å². The Morgan fingerprint density at radius 1 is 1.33 bits per heavy atom. The van der Waals surface area contributed by atoms with Crippen LogP contribution in [-0.2, 0) is 9.59 Å². The highest BCUT2D eigenvalue weighted by Crippen LogP contribution is 2.02. The lowest BCUT2D eigenvalue weighted by Crippen LogP contribution is -2.56. The molecule has 1 aliphatic heterocycles. The first kappa shape index (κ1) is 12.4. The summed E-state index contributed by atoms with van der Waals surface area (Å²) < 4.78 is 0. The van der Waals surface area contributed by atoms with Gasteiger partial charge in [0.2, 0.25) is 17.8 Å². The molecule has 0 bridgehead atoms. The lowest BCUT2D eigenvalue weighted by Gasteiger charge is -2.22. The van der Waals surface area contributed by atoms with Crippen LogP contribution < -0.4 is 16.0 Å². The summed E-state index contributed by atoms with van der Waals surface area (Å²) in [5, 5.41) is 15.6. The Labute approximate surface area is 104 Å². The molecule has 0 aromatic carbocycles. The minimum Gasteiger partial charge on any atom is -0.353 e. The molecule has 18 heavy (non-hydrogen) atoms. The van der Waals surface area contributed by atoms with Gasteiger partial charge in [0.1, 0.15) is 6.04 Å². The fourth-order valence-electron chi connectivity index (χ4n) is 1.46. The quantitative estimate of drug-likeness (QED) is 0.590. The summed E-state index contributed by atoms with van der Waals surface area (Å²) in [7, 11) is 0. The summed E-state index contributed by atoms with van der Waals surface area (Å²) in [4.78, 5) is 26.9. The van der Waals surface area contributed by atoms with E-state index < -0.39 is 6.04 Å². The van der Waals surface area contributed by atoms with E-state index in [1.165, 1.54) is 0 Å². The maximum Gasteiger partial charge on any atom is 0.249 e. The second-order valence-corrected chi connectivity index (χ2v) is 4.03. The minimum atomic E-state index is -0.479. The number of nitrogens with zero attached hydrogens (tertiary/aromatic N) is 3. The fourth-order valence-corrected chi connectivity index (χ4v) is 1.46. The molecule has 0 spiro atoms. The van der Waals surface area contributed by atoms with Crippen LogP contribution in [0.2, 0.25) is 0 Å². The molecule has 1 saturated heterocycles. The van der Waals surface area contributed by atoms with Crippen molar-refractivity contribution >= 4 is 17.8 Å². The summed E-state index contributed by atoms with van der Waals surface area (Å²) in [6.07, 6.45) is 0. The highest BCUT2D eigenvalue weighted by molar-refractivity contribution is 5.95. The standard InChI is InChI=1S/C10H14N6O2/c1-5-6(2)15-16-10(13-5)14-9(18)7-3-12-8(17)4-11-7/h7,11H,3-4H2,1-2H3,(H,12,17)(H,13,14,16,18). The van der Waals surface area contributed by atoms with E-state index in [9.17, 15) is 9.59 Å². The van der Waals surface area contributed by atoms with Gasteiger partial charge in [-0.25, -0.2) is 4.98 Å². The molecule has 1 unspecified atom stereocenters. The third kappa shape index (κ3) is 2.77. The maximum absolute atomic E-state index is 11.8. The molecule has 2 rings (SSSR count). The van der Waals surface area contributed by atoms with Gasteiger partial charge in [0.15, 0.2) is 0 Å². The molecular weight excluding hydrogens is 236 g/mol. The Kier molecular flexibility index (Phi) is 3.47. The lowest BCUT2D eigenvalue weighted by atomic mass is 10.2. The largest absolute Gasteiger partial charge is 0.353 e. The number of anilines is 1. The summed E-state index contributed by atoms with van der Waals surface area (Å²) >= 11 is 0. The molecule has 1 aromatic rings. The van der Waals surface area contributed by atoms with Gasteiger partial charge in [-0.3, -0.25) is 20.2 Å². The zero-order valence-corrected chi connectivity index (χ0v) is 10.1. The van der Waals surface area contributed by atoms with Gasteiger partial charge < -0.3 is 5.32 Å². The third-order valence-electron chi connectivity index (χ3n) is 2.66. The van der Waals surface area contributed by atoms with Gasteiger partial charge in [0.05, 0.1) is 17.9 Å². The zero-order chi connectivity index (χ0) is 13.1. The molecule has 0 saturated carbocycles. The van der Waals surface area contributed by atoms with E-state index in [0.29, 0.717) is 5.69 Å². The first-order chi connectivity index (χ1) is 8.56. The summed E-state index contributed by atoms with van der Waals surface area (Å²) in [5.41, 5.74) is 1.43. The number of rotatable bonds is 2. The van der Waals surface area contributed by atoms with Crippen LogP contribution in [0.5, 0.6) is 0 Å². The molecule has 3 N–H and O–H groups in total. The Morgan fingerprint density at radius 2 is 2.11 bits per heavy atom. The smallest absolute Gasteiger partial charge is 0.249 e. The SMILES string of the molecule is Cc1nnc(NC(=O)C2CNC(=O)CN2)nc1C. The summed E-state index contributed by atoms with van der Waals surface area (Å²) in [6, 6.07) is -0.479. The van der Waals surface area contributed by atoms with Crippen molar-refractivity contribution in [3.63, 3.8) is 0 Å². The molecule has 2 amide bonds. The number of amides is 2. The van der Waals surface area contributed by atoms with Crippen LogP contribution in [-0.4, -0.2) is 46.1 Å². The van der Waals surface area contributed by atoms with Crippen molar-refractivity contribution in [2.24, 2.45) is 0 Å². The van der Waals surface area contributed by atoms with Crippen molar-refractivity contribution in [3.05, 3.63) is 11.4 Å². The third-order valence-corrected chi connectivity index (χ3v) is 2.66. The van der Waals surface area contributed by atoms with E-state index in [1.807, 2.05) is 0 Å². The molecule has 8 heteroatoms. The van der Waals surface area contributed by atoms with Crippen LogP contribution in [0.15, 0.2) is 0 Å². The van der Waals surface area contributed by atoms with Crippen molar-refractivity contribution in [3.8, 4) is 0 Å². The van der Waals surface area contributed by atoms with E-state index in [1.54, 1.807) is 13.8 Å². The topological polar surface area (TPSA) is 109 Å². The predicted octanol–water partition coefficient (Wildman–Crippen LogP) is -1.49. The normalized spacial score (nSPS) is 19.2. The number of aromatic nitrogens is 3. The number of aryl methyl sites for hydroxylation is 2. The van der Waals surface area contributed by atoms with E-state index in [0.717, 1.165) is 5.69 Å². The first-order valence-corrected chi connectivity index (χ1v) is 5.55. The van der Waals surface area contributed by atoms with Crippen molar-refractivity contribution < 1.29 is 9.59 Å². The average molecular weight is 250 g/mol. The van der Waals surface area contributed by atoms with Crippen LogP contribution in [0.3, 0.4) is 0 Å². The average Bonchev–Trinajstić information content (AvgIpc) is 2.34. The molecule has 1 atom stereocenters. The number of hydrogen-bond donors (Lipinski definition) is 3. The van der Waals surface area contributed by atoms with Gasteiger partial charge in [-0.2, -0.15) is 5.10 Å².